The molecule has 2 N–H and O–H groups in total. The molecule has 0 radical (unpaired) electrons. The maximum Gasteiger partial charge on any atom is 0.309 e. The molecule has 5 rings (SSSR count). The molecule has 3 saturated carbocycles. The van der Waals surface area contributed by atoms with Crippen molar-refractivity contribution in [2.24, 2.45) is 17.6 Å². The zero-order valence-corrected chi connectivity index (χ0v) is 19.9. The first-order chi connectivity index (χ1) is 16.4. The average Bonchev–Trinajstić information content (AvgIpc) is 3.71. The van der Waals surface area contributed by atoms with E-state index in [1.807, 2.05) is 24.3 Å². The number of amides is 2. The third-order valence-corrected chi connectivity index (χ3v) is 8.30. The van der Waals surface area contributed by atoms with Crippen LogP contribution in [0.5, 0.6) is 5.75 Å². The maximum absolute atomic E-state index is 13.2. The Morgan fingerprint density at radius 1 is 0.882 bits per heavy atom. The van der Waals surface area contributed by atoms with E-state index in [9.17, 15) is 14.4 Å². The summed E-state index contributed by atoms with van der Waals surface area (Å²) in [4.78, 5) is 39.6. The standard InChI is InChI=1S/C27H36N2O5/c28-26(32)27(34-25(31)20-7-8-20)15-13-22(14-16-27)33-21-11-9-19(10-12-21)24(30)29-17-3-5-18-4-1-2-6-23(18)29/h9-12,18,20,22-23H,1-8,13-17H2,(H2,28,32). The molecule has 4 fully saturated rings. The van der Waals surface area contributed by atoms with Gasteiger partial charge in [0.25, 0.3) is 11.8 Å². The summed E-state index contributed by atoms with van der Waals surface area (Å²) in [6, 6.07) is 7.83. The number of fused-ring (bicyclic) bond motifs is 1. The van der Waals surface area contributed by atoms with Crippen molar-refractivity contribution < 1.29 is 23.9 Å². The lowest BCUT2D eigenvalue weighted by Crippen LogP contribution is -2.51. The minimum Gasteiger partial charge on any atom is -0.490 e. The van der Waals surface area contributed by atoms with Crippen molar-refractivity contribution in [3.8, 4) is 5.75 Å². The summed E-state index contributed by atoms with van der Waals surface area (Å²) < 4.78 is 11.7. The van der Waals surface area contributed by atoms with E-state index in [0.717, 1.165) is 32.2 Å². The monoisotopic (exact) mass is 468 g/mol. The molecule has 1 heterocycles. The number of likely N-dealkylation sites (tertiary alicyclic amines) is 1. The zero-order valence-electron chi connectivity index (χ0n) is 19.9. The Balaban J connectivity index is 1.17. The van der Waals surface area contributed by atoms with E-state index in [2.05, 4.69) is 4.90 Å². The Morgan fingerprint density at radius 2 is 1.56 bits per heavy atom. The van der Waals surface area contributed by atoms with E-state index in [4.69, 9.17) is 15.2 Å². The second-order valence-corrected chi connectivity index (χ2v) is 10.6. The summed E-state index contributed by atoms with van der Waals surface area (Å²) >= 11 is 0. The molecule has 34 heavy (non-hydrogen) atoms. The molecule has 2 atom stereocenters. The summed E-state index contributed by atoms with van der Waals surface area (Å²) in [5.74, 6) is 0.561. The molecule has 1 saturated heterocycles. The molecular weight excluding hydrogens is 432 g/mol. The number of nitrogens with two attached hydrogens (primary N) is 1. The van der Waals surface area contributed by atoms with Crippen LogP contribution >= 0.6 is 0 Å². The lowest BCUT2D eigenvalue weighted by Gasteiger charge is -2.44. The van der Waals surface area contributed by atoms with Crippen molar-refractivity contribution >= 4 is 17.8 Å². The van der Waals surface area contributed by atoms with Crippen LogP contribution in [-0.2, 0) is 14.3 Å². The van der Waals surface area contributed by atoms with Gasteiger partial charge in [-0.1, -0.05) is 12.8 Å². The van der Waals surface area contributed by atoms with Crippen molar-refractivity contribution in [3.63, 3.8) is 0 Å². The highest BCUT2D eigenvalue weighted by atomic mass is 16.6. The third-order valence-electron chi connectivity index (χ3n) is 8.30. The Hall–Kier alpha value is -2.57. The predicted octanol–water partition coefficient (Wildman–Crippen LogP) is 3.98. The number of esters is 1. The summed E-state index contributed by atoms with van der Waals surface area (Å²) in [5.41, 5.74) is 5.13. The summed E-state index contributed by atoms with van der Waals surface area (Å²) in [5, 5.41) is 0. The number of piperidine rings is 1. The fourth-order valence-corrected chi connectivity index (χ4v) is 6.08. The van der Waals surface area contributed by atoms with Crippen molar-refractivity contribution in [2.45, 2.75) is 94.8 Å². The van der Waals surface area contributed by atoms with E-state index in [-0.39, 0.29) is 23.9 Å². The average molecular weight is 469 g/mol. The summed E-state index contributed by atoms with van der Waals surface area (Å²) in [6.45, 7) is 0.854. The second-order valence-electron chi connectivity index (χ2n) is 10.6. The van der Waals surface area contributed by atoms with Gasteiger partial charge in [-0.3, -0.25) is 14.4 Å². The van der Waals surface area contributed by atoms with E-state index in [0.29, 0.717) is 49.0 Å². The zero-order chi connectivity index (χ0) is 23.7. The highest BCUT2D eigenvalue weighted by molar-refractivity contribution is 5.94. The molecular formula is C27H36N2O5. The van der Waals surface area contributed by atoms with Gasteiger partial charge in [0.15, 0.2) is 5.60 Å². The molecule has 3 aliphatic carbocycles. The van der Waals surface area contributed by atoms with Gasteiger partial charge in [-0.15, -0.1) is 0 Å². The molecule has 0 spiro atoms. The minimum atomic E-state index is -1.21. The Labute approximate surface area is 201 Å². The molecule has 7 nitrogen and oxygen atoms in total. The van der Waals surface area contributed by atoms with Gasteiger partial charge < -0.3 is 20.1 Å². The molecule has 1 aliphatic heterocycles. The van der Waals surface area contributed by atoms with Crippen LogP contribution in [0.1, 0.15) is 87.4 Å². The summed E-state index contributed by atoms with van der Waals surface area (Å²) in [6.07, 6.45) is 10.7. The topological polar surface area (TPSA) is 98.9 Å². The van der Waals surface area contributed by atoms with E-state index in [1.54, 1.807) is 0 Å². The Morgan fingerprint density at radius 3 is 2.24 bits per heavy atom. The molecule has 7 heteroatoms. The predicted molar refractivity (Wildman–Crippen MR) is 126 cm³/mol. The first-order valence-electron chi connectivity index (χ1n) is 13.1. The smallest absolute Gasteiger partial charge is 0.309 e. The van der Waals surface area contributed by atoms with Crippen LogP contribution in [0.25, 0.3) is 0 Å². The van der Waals surface area contributed by atoms with E-state index >= 15 is 0 Å². The number of rotatable bonds is 6. The fraction of sp³-hybridized carbons (Fsp3) is 0.667. The number of carbonyl (C=O) groups excluding carboxylic acids is 3. The van der Waals surface area contributed by atoms with Crippen LogP contribution in [0.2, 0.25) is 0 Å². The van der Waals surface area contributed by atoms with Crippen molar-refractivity contribution in [3.05, 3.63) is 29.8 Å². The SMILES string of the molecule is NC(=O)C1(OC(=O)C2CC2)CCC(Oc2ccc(C(=O)N3CCCC4CCCCC43)cc2)CC1. The molecule has 0 aromatic heterocycles. The molecule has 4 aliphatic rings. The van der Waals surface area contributed by atoms with Crippen LogP contribution in [0.15, 0.2) is 24.3 Å². The van der Waals surface area contributed by atoms with Gasteiger partial charge in [0.1, 0.15) is 5.75 Å². The van der Waals surface area contributed by atoms with Crippen LogP contribution in [-0.4, -0.2) is 47.0 Å². The molecule has 1 aromatic carbocycles. The van der Waals surface area contributed by atoms with Crippen molar-refractivity contribution in [2.75, 3.05) is 6.54 Å². The lowest BCUT2D eigenvalue weighted by atomic mass is 9.78. The van der Waals surface area contributed by atoms with Crippen LogP contribution in [0.4, 0.5) is 0 Å². The first kappa shape index (κ1) is 23.2. The lowest BCUT2D eigenvalue weighted by molar-refractivity contribution is -0.174. The number of nitrogens with zero attached hydrogens (tertiary/aromatic N) is 1. The van der Waals surface area contributed by atoms with Crippen LogP contribution in [0.3, 0.4) is 0 Å². The fourth-order valence-electron chi connectivity index (χ4n) is 6.08. The molecule has 2 amide bonds. The number of primary amides is 1. The number of benzene rings is 1. The quantitative estimate of drug-likeness (QED) is 0.637. The first-order valence-corrected chi connectivity index (χ1v) is 13.1. The van der Waals surface area contributed by atoms with Gasteiger partial charge >= 0.3 is 5.97 Å². The maximum atomic E-state index is 13.2. The largest absolute Gasteiger partial charge is 0.490 e. The van der Waals surface area contributed by atoms with Gasteiger partial charge in [-0.2, -0.15) is 0 Å². The van der Waals surface area contributed by atoms with Gasteiger partial charge in [0.2, 0.25) is 0 Å². The van der Waals surface area contributed by atoms with Gasteiger partial charge in [-0.25, -0.2) is 0 Å². The van der Waals surface area contributed by atoms with Crippen molar-refractivity contribution in [1.29, 1.82) is 0 Å². The van der Waals surface area contributed by atoms with E-state index < -0.39 is 11.5 Å². The van der Waals surface area contributed by atoms with Crippen LogP contribution in [0, 0.1) is 11.8 Å². The van der Waals surface area contributed by atoms with E-state index in [1.165, 1.54) is 25.7 Å². The summed E-state index contributed by atoms with van der Waals surface area (Å²) in [7, 11) is 0. The Kier molecular flexibility index (Phi) is 6.54. The van der Waals surface area contributed by atoms with Gasteiger partial charge in [0.05, 0.1) is 12.0 Å². The van der Waals surface area contributed by atoms with Crippen LogP contribution < -0.4 is 10.5 Å². The number of hydrogen-bond acceptors (Lipinski definition) is 5. The molecule has 1 aromatic rings. The van der Waals surface area contributed by atoms with Gasteiger partial charge in [0, 0.05) is 18.2 Å². The molecule has 0 bridgehead atoms. The van der Waals surface area contributed by atoms with Crippen molar-refractivity contribution in [1.82, 2.24) is 4.90 Å². The normalized spacial score (nSPS) is 31.3. The minimum absolute atomic E-state index is 0.0691. The molecule has 184 valence electrons. The number of hydrogen-bond donors (Lipinski definition) is 1. The third kappa shape index (κ3) is 4.80. The number of ether oxygens (including phenoxy) is 2. The Bertz CT molecular complexity index is 915. The second kappa shape index (κ2) is 9.59. The highest BCUT2D eigenvalue weighted by Gasteiger charge is 2.47. The number of carbonyl (C=O) groups is 3. The highest BCUT2D eigenvalue weighted by Crippen LogP contribution is 2.38. The van der Waals surface area contributed by atoms with Gasteiger partial charge in [-0.05, 0) is 94.4 Å². The molecule has 2 unspecified atom stereocenters.